The minimum atomic E-state index is -0.183. The molecule has 22 heavy (non-hydrogen) atoms. The molecule has 3 rings (SSSR count). The zero-order chi connectivity index (χ0) is 15.2. The number of hydrogen-bond donors (Lipinski definition) is 1. The van der Waals surface area contributed by atoms with Crippen molar-refractivity contribution in [1.29, 1.82) is 0 Å². The highest BCUT2D eigenvalue weighted by molar-refractivity contribution is 6.11. The summed E-state index contributed by atoms with van der Waals surface area (Å²) in [6.07, 6.45) is 1.72. The number of carbonyl (C=O) groups excluding carboxylic acids is 1. The zero-order valence-electron chi connectivity index (χ0n) is 13.0. The number of amides is 1. The number of aromatic nitrogens is 1. The molecule has 0 fully saturated rings. The fourth-order valence-corrected chi connectivity index (χ4v) is 2.31. The molecule has 1 aliphatic heterocycles. The second-order valence-electron chi connectivity index (χ2n) is 6.19. The lowest BCUT2D eigenvalue weighted by Crippen LogP contribution is -2.51. The zero-order valence-corrected chi connectivity index (χ0v) is 13.9. The number of rotatable bonds is 0. The van der Waals surface area contributed by atoms with Crippen molar-refractivity contribution in [2.75, 3.05) is 5.01 Å². The first-order valence-corrected chi connectivity index (χ1v) is 6.92. The van der Waals surface area contributed by atoms with Gasteiger partial charge in [-0.05, 0) is 6.07 Å². The number of para-hydroxylation sites is 1. The Hall–Kier alpha value is -2.14. The molecule has 1 aliphatic rings. The average Bonchev–Trinajstić information content (AvgIpc) is 2.44. The molecule has 1 amide bonds. The van der Waals surface area contributed by atoms with Gasteiger partial charge in [-0.1, -0.05) is 39.0 Å². The Morgan fingerprint density at radius 2 is 1.91 bits per heavy atom. The Morgan fingerprint density at radius 3 is 2.55 bits per heavy atom. The number of aliphatic imine (C=N–C) groups is 1. The van der Waals surface area contributed by atoms with E-state index in [1.807, 2.05) is 24.3 Å². The van der Waals surface area contributed by atoms with Crippen molar-refractivity contribution >= 4 is 46.4 Å². The van der Waals surface area contributed by atoms with E-state index >= 15 is 0 Å². The molecule has 2 heterocycles. The average molecular weight is 319 g/mol. The van der Waals surface area contributed by atoms with E-state index in [2.05, 4.69) is 36.2 Å². The van der Waals surface area contributed by atoms with Crippen LogP contribution in [0.4, 0.5) is 11.4 Å². The van der Waals surface area contributed by atoms with Crippen LogP contribution in [0.15, 0.2) is 35.5 Å². The lowest BCUT2D eigenvalue weighted by atomic mass is 9.94. The summed E-state index contributed by atoms with van der Waals surface area (Å²) in [5.41, 5.74) is 5.29. The molecule has 0 atom stereocenters. The number of carbonyl (C=O) groups is 1. The van der Waals surface area contributed by atoms with E-state index < -0.39 is 0 Å². The molecule has 2 aromatic rings. The highest BCUT2D eigenvalue weighted by atomic mass is 35.5. The van der Waals surface area contributed by atoms with E-state index in [1.54, 1.807) is 11.2 Å². The maximum atomic E-state index is 12.1. The van der Waals surface area contributed by atoms with Crippen LogP contribution in [-0.2, 0) is 4.79 Å². The molecule has 0 aliphatic carbocycles. The van der Waals surface area contributed by atoms with Crippen molar-refractivity contribution in [1.82, 2.24) is 10.4 Å². The summed E-state index contributed by atoms with van der Waals surface area (Å²) in [5.74, 6) is 0.673. The van der Waals surface area contributed by atoms with Crippen LogP contribution in [0.1, 0.15) is 27.7 Å². The van der Waals surface area contributed by atoms with E-state index in [0.29, 0.717) is 5.69 Å². The molecule has 1 aromatic heterocycles. The number of fused-ring (bicyclic) bond motifs is 3. The van der Waals surface area contributed by atoms with Crippen LogP contribution in [0.3, 0.4) is 0 Å². The second kappa shape index (κ2) is 5.57. The molecular weight excluding hydrogens is 300 g/mol. The van der Waals surface area contributed by atoms with Gasteiger partial charge < -0.3 is 0 Å². The van der Waals surface area contributed by atoms with Gasteiger partial charge in [0, 0.05) is 17.7 Å². The van der Waals surface area contributed by atoms with Gasteiger partial charge in [0.25, 0.3) is 0 Å². The lowest BCUT2D eigenvalue weighted by Gasteiger charge is -2.34. The van der Waals surface area contributed by atoms with Crippen molar-refractivity contribution in [3.8, 4) is 0 Å². The van der Waals surface area contributed by atoms with Crippen molar-refractivity contribution in [3.05, 3.63) is 30.5 Å². The Morgan fingerprint density at radius 1 is 1.23 bits per heavy atom. The summed E-state index contributed by atoms with van der Waals surface area (Å²) in [5, 5.41) is 2.47. The van der Waals surface area contributed by atoms with Crippen molar-refractivity contribution < 1.29 is 4.79 Å². The van der Waals surface area contributed by atoms with Crippen LogP contribution < -0.4 is 10.4 Å². The third kappa shape index (κ3) is 2.64. The van der Waals surface area contributed by atoms with Crippen molar-refractivity contribution in [2.24, 2.45) is 10.4 Å². The third-order valence-electron chi connectivity index (χ3n) is 3.43. The van der Waals surface area contributed by atoms with Crippen LogP contribution >= 0.6 is 12.4 Å². The number of hydrogen-bond acceptors (Lipinski definition) is 4. The Balaban J connectivity index is 0.00000176. The predicted octanol–water partition coefficient (Wildman–Crippen LogP) is 3.60. The molecule has 0 saturated heterocycles. The summed E-state index contributed by atoms with van der Waals surface area (Å²) < 4.78 is 0. The van der Waals surface area contributed by atoms with Gasteiger partial charge in [-0.25, -0.2) is 10.0 Å². The Labute approximate surface area is 135 Å². The predicted molar refractivity (Wildman–Crippen MR) is 91.8 cm³/mol. The molecule has 0 spiro atoms. The molecule has 116 valence electrons. The van der Waals surface area contributed by atoms with Gasteiger partial charge >= 0.3 is 0 Å². The number of nitrogens with zero attached hydrogens (tertiary/aromatic N) is 3. The Bertz CT molecular complexity index is 764. The summed E-state index contributed by atoms with van der Waals surface area (Å²) >= 11 is 0. The fraction of sp³-hybridized carbons (Fsp3) is 0.312. The largest absolute Gasteiger partial charge is 0.278 e. The van der Waals surface area contributed by atoms with E-state index in [9.17, 15) is 4.79 Å². The van der Waals surface area contributed by atoms with E-state index in [-0.39, 0.29) is 23.7 Å². The first-order valence-electron chi connectivity index (χ1n) is 6.92. The summed E-state index contributed by atoms with van der Waals surface area (Å²) in [6.45, 7) is 7.70. The molecule has 0 saturated carbocycles. The monoisotopic (exact) mass is 318 g/mol. The standard InChI is InChI=1S/C16H18N4O.ClH/c1-10(21)20-14-11-7-5-6-8-12(11)17-9-13(14)18-15(19-20)16(2,3)4;/h5-9H,1-4H3,(H,18,19);1H. The van der Waals surface area contributed by atoms with Gasteiger partial charge in [0.05, 0.1) is 11.7 Å². The maximum Gasteiger partial charge on any atom is 0.242 e. The number of halogens is 1. The van der Waals surface area contributed by atoms with Crippen molar-refractivity contribution in [2.45, 2.75) is 27.7 Å². The van der Waals surface area contributed by atoms with Gasteiger partial charge in [0.2, 0.25) is 5.91 Å². The number of benzene rings is 1. The van der Waals surface area contributed by atoms with E-state index in [0.717, 1.165) is 22.4 Å². The molecule has 0 radical (unpaired) electrons. The highest BCUT2D eigenvalue weighted by Crippen LogP contribution is 2.38. The van der Waals surface area contributed by atoms with Gasteiger partial charge in [0.1, 0.15) is 17.2 Å². The summed E-state index contributed by atoms with van der Waals surface area (Å²) in [4.78, 5) is 21.1. The van der Waals surface area contributed by atoms with Crippen LogP contribution in [0.25, 0.3) is 10.9 Å². The summed E-state index contributed by atoms with van der Waals surface area (Å²) in [7, 11) is 0. The minimum absolute atomic E-state index is 0. The first-order chi connectivity index (χ1) is 9.88. The van der Waals surface area contributed by atoms with Crippen molar-refractivity contribution in [3.63, 3.8) is 0 Å². The number of hydrazine groups is 1. The normalized spacial score (nSPS) is 13.8. The first kappa shape index (κ1) is 16.2. The van der Waals surface area contributed by atoms with Crippen LogP contribution in [0.5, 0.6) is 0 Å². The van der Waals surface area contributed by atoms with Crippen LogP contribution in [0, 0.1) is 5.41 Å². The topological polar surface area (TPSA) is 57.6 Å². The van der Waals surface area contributed by atoms with Gasteiger partial charge in [0.15, 0.2) is 0 Å². The number of nitrogens with one attached hydrogen (secondary N) is 1. The molecule has 6 heteroatoms. The minimum Gasteiger partial charge on any atom is -0.278 e. The maximum absolute atomic E-state index is 12.1. The van der Waals surface area contributed by atoms with Crippen LogP contribution in [-0.4, -0.2) is 16.7 Å². The molecular formula is C16H19ClN4O. The molecule has 0 bridgehead atoms. The molecule has 5 nitrogen and oxygen atoms in total. The molecule has 1 N–H and O–H groups in total. The molecule has 0 unspecified atom stereocenters. The van der Waals surface area contributed by atoms with Gasteiger partial charge in [-0.3, -0.25) is 15.2 Å². The van der Waals surface area contributed by atoms with Gasteiger partial charge in [-0.15, -0.1) is 12.4 Å². The third-order valence-corrected chi connectivity index (χ3v) is 3.43. The number of anilines is 1. The highest BCUT2D eigenvalue weighted by Gasteiger charge is 2.30. The molecule has 1 aromatic carbocycles. The Kier molecular flexibility index (Phi) is 4.11. The SMILES string of the molecule is CC(=O)N1NC(C(C)(C)C)=Nc2cnc3ccccc3c21.Cl. The smallest absolute Gasteiger partial charge is 0.242 e. The van der Waals surface area contributed by atoms with Gasteiger partial charge in [-0.2, -0.15) is 0 Å². The van der Waals surface area contributed by atoms with E-state index in [4.69, 9.17) is 0 Å². The number of pyridine rings is 1. The summed E-state index contributed by atoms with van der Waals surface area (Å²) in [6, 6.07) is 7.75. The van der Waals surface area contributed by atoms with Crippen LogP contribution in [0.2, 0.25) is 0 Å². The lowest BCUT2D eigenvalue weighted by molar-refractivity contribution is -0.117. The fourth-order valence-electron chi connectivity index (χ4n) is 2.31. The number of amidine groups is 1. The quantitative estimate of drug-likeness (QED) is 0.807. The van der Waals surface area contributed by atoms with E-state index in [1.165, 1.54) is 6.92 Å². The second-order valence-corrected chi connectivity index (χ2v) is 6.19.